The number of carbonyl (C=O) groups excluding carboxylic acids is 2. The zero-order chi connectivity index (χ0) is 25.9. The Kier molecular flexibility index (Phi) is 7.56. The smallest absolute Gasteiger partial charge is 0.316 e. The summed E-state index contributed by atoms with van der Waals surface area (Å²) in [5.74, 6) is -1.17. The number of rotatable bonds is 8. The lowest BCUT2D eigenvalue weighted by atomic mass is 10.0. The summed E-state index contributed by atoms with van der Waals surface area (Å²) in [6.45, 7) is 1.77. The number of nitrogens with zero attached hydrogens (tertiary/aromatic N) is 5. The minimum atomic E-state index is -4.69. The molecule has 2 N–H and O–H groups in total. The normalized spacial score (nSPS) is 12.2. The first-order valence-electron chi connectivity index (χ1n) is 10.1. The van der Waals surface area contributed by atoms with Crippen LogP contribution in [0.2, 0.25) is 5.02 Å². The third kappa shape index (κ3) is 6.19. The van der Waals surface area contributed by atoms with Gasteiger partial charge in [-0.1, -0.05) is 18.5 Å². The fourth-order valence-electron chi connectivity index (χ4n) is 2.97. The van der Waals surface area contributed by atoms with Gasteiger partial charge in [0.05, 0.1) is 21.8 Å². The van der Waals surface area contributed by atoms with Crippen molar-refractivity contribution in [2.75, 3.05) is 10.6 Å². The number of aromatic nitrogens is 5. The largest absolute Gasteiger partial charge is 0.418 e. The van der Waals surface area contributed by atoms with Crippen molar-refractivity contribution in [3.8, 4) is 0 Å². The number of pyridine rings is 1. The molecule has 0 aliphatic heterocycles. The minimum Gasteiger partial charge on any atom is -0.316 e. The zero-order valence-electron chi connectivity index (χ0n) is 18.2. The summed E-state index contributed by atoms with van der Waals surface area (Å²) in [7, 11) is 0. The van der Waals surface area contributed by atoms with Gasteiger partial charge in [-0.25, -0.2) is 24.9 Å². The maximum Gasteiger partial charge on any atom is 0.418 e. The van der Waals surface area contributed by atoms with Gasteiger partial charge in [0.25, 0.3) is 5.91 Å². The minimum absolute atomic E-state index is 0.0654. The first-order chi connectivity index (χ1) is 17.1. The Balaban J connectivity index is 1.40. The molecular formula is C21H15ClF3N7O2S2. The maximum atomic E-state index is 13.0. The van der Waals surface area contributed by atoms with E-state index in [1.54, 1.807) is 18.5 Å². The summed E-state index contributed by atoms with van der Waals surface area (Å²) >= 11 is 7.96. The van der Waals surface area contributed by atoms with E-state index in [-0.39, 0.29) is 34.5 Å². The fraction of sp³-hybridized carbons (Fsp3) is 0.190. The summed E-state index contributed by atoms with van der Waals surface area (Å²) in [5, 5.41) is 7.64. The van der Waals surface area contributed by atoms with Crippen LogP contribution in [-0.4, -0.2) is 36.6 Å². The Hall–Kier alpha value is -3.49. The number of alkyl halides is 3. The molecule has 9 nitrogen and oxygen atoms in total. The molecule has 4 aromatic heterocycles. The summed E-state index contributed by atoms with van der Waals surface area (Å²) < 4.78 is 39.1. The Labute approximate surface area is 214 Å². The molecule has 4 aromatic rings. The number of thiazole rings is 2. The van der Waals surface area contributed by atoms with Crippen LogP contribution in [0.3, 0.4) is 0 Å². The van der Waals surface area contributed by atoms with Gasteiger partial charge in [0.1, 0.15) is 28.5 Å². The van der Waals surface area contributed by atoms with E-state index in [4.69, 9.17) is 11.6 Å². The lowest BCUT2D eigenvalue weighted by molar-refractivity contribution is -0.137. The van der Waals surface area contributed by atoms with Crippen LogP contribution in [0.15, 0.2) is 42.4 Å². The molecule has 0 saturated carbocycles. The van der Waals surface area contributed by atoms with Crippen LogP contribution in [0.1, 0.15) is 50.0 Å². The van der Waals surface area contributed by atoms with Crippen LogP contribution < -0.4 is 10.6 Å². The topological polar surface area (TPSA) is 123 Å². The van der Waals surface area contributed by atoms with Crippen molar-refractivity contribution >= 4 is 62.7 Å². The van der Waals surface area contributed by atoms with Crippen LogP contribution >= 0.6 is 34.3 Å². The average molecular weight is 554 g/mol. The molecule has 0 spiro atoms. The van der Waals surface area contributed by atoms with Crippen molar-refractivity contribution in [2.45, 2.75) is 25.4 Å². The number of amides is 1. The molecule has 1 amide bonds. The van der Waals surface area contributed by atoms with Crippen molar-refractivity contribution in [1.29, 1.82) is 0 Å². The van der Waals surface area contributed by atoms with Crippen molar-refractivity contribution < 1.29 is 22.8 Å². The molecular weight excluding hydrogens is 539 g/mol. The first kappa shape index (κ1) is 25.6. The van der Waals surface area contributed by atoms with Crippen LogP contribution in [-0.2, 0) is 6.18 Å². The Morgan fingerprint density at radius 2 is 1.89 bits per heavy atom. The number of anilines is 3. The Bertz CT molecular complexity index is 1400. The molecule has 0 saturated heterocycles. The van der Waals surface area contributed by atoms with Crippen LogP contribution in [0.25, 0.3) is 0 Å². The van der Waals surface area contributed by atoms with Gasteiger partial charge in [-0.2, -0.15) is 13.2 Å². The molecule has 1 atom stereocenters. The van der Waals surface area contributed by atoms with Gasteiger partial charge < -0.3 is 10.6 Å². The summed E-state index contributed by atoms with van der Waals surface area (Å²) in [4.78, 5) is 45.5. The molecule has 0 aliphatic carbocycles. The van der Waals surface area contributed by atoms with E-state index in [1.807, 2.05) is 0 Å². The monoisotopic (exact) mass is 553 g/mol. The third-order valence-corrected chi connectivity index (χ3v) is 6.90. The SMILES string of the molecule is C[C@H](CC(=O)c1cc(Nc2nccs2)ncn1)c1ncc(C(=O)Nc2cc(C(F)(F)F)c(Cl)cn2)s1. The molecule has 0 aliphatic rings. The second kappa shape index (κ2) is 10.6. The number of nitrogens with one attached hydrogen (secondary N) is 2. The van der Waals surface area contributed by atoms with E-state index in [9.17, 15) is 22.8 Å². The summed E-state index contributed by atoms with van der Waals surface area (Å²) in [6.07, 6.45) is 0.385. The number of hydrogen-bond acceptors (Lipinski definition) is 10. The molecule has 0 bridgehead atoms. The van der Waals surface area contributed by atoms with Crippen LogP contribution in [0.5, 0.6) is 0 Å². The molecule has 4 rings (SSSR count). The van der Waals surface area contributed by atoms with E-state index >= 15 is 0 Å². The fourth-order valence-corrected chi connectivity index (χ4v) is 4.58. The van der Waals surface area contributed by atoms with E-state index in [0.29, 0.717) is 22.0 Å². The summed E-state index contributed by atoms with van der Waals surface area (Å²) in [5.41, 5.74) is -0.902. The molecule has 0 radical (unpaired) electrons. The molecule has 15 heteroatoms. The number of halogens is 4. The lowest BCUT2D eigenvalue weighted by Gasteiger charge is -2.10. The van der Waals surface area contributed by atoms with E-state index in [2.05, 4.69) is 35.6 Å². The van der Waals surface area contributed by atoms with E-state index in [0.717, 1.165) is 17.5 Å². The average Bonchev–Trinajstić information content (AvgIpc) is 3.52. The highest BCUT2D eigenvalue weighted by atomic mass is 35.5. The van der Waals surface area contributed by atoms with Gasteiger partial charge in [-0.05, 0) is 6.07 Å². The van der Waals surface area contributed by atoms with Crippen molar-refractivity contribution in [3.63, 3.8) is 0 Å². The summed E-state index contributed by atoms with van der Waals surface area (Å²) in [6, 6.07) is 2.17. The predicted octanol–water partition coefficient (Wildman–Crippen LogP) is 5.83. The highest BCUT2D eigenvalue weighted by Gasteiger charge is 2.34. The van der Waals surface area contributed by atoms with Gasteiger partial charge in [0.2, 0.25) is 0 Å². The zero-order valence-corrected chi connectivity index (χ0v) is 20.6. The van der Waals surface area contributed by atoms with Gasteiger partial charge in [0.15, 0.2) is 10.9 Å². The third-order valence-electron chi connectivity index (χ3n) is 4.68. The van der Waals surface area contributed by atoms with Gasteiger partial charge in [0, 0.05) is 36.2 Å². The number of hydrogen-bond donors (Lipinski definition) is 2. The Morgan fingerprint density at radius 1 is 1.08 bits per heavy atom. The van der Waals surface area contributed by atoms with Crippen molar-refractivity contribution in [2.24, 2.45) is 0 Å². The van der Waals surface area contributed by atoms with E-state index < -0.39 is 22.7 Å². The number of ketones is 1. The van der Waals surface area contributed by atoms with E-state index in [1.165, 1.54) is 29.9 Å². The van der Waals surface area contributed by atoms with Crippen molar-refractivity contribution in [3.05, 3.63) is 68.6 Å². The molecule has 0 unspecified atom stereocenters. The van der Waals surface area contributed by atoms with Gasteiger partial charge in [-0.15, -0.1) is 22.7 Å². The predicted molar refractivity (Wildman–Crippen MR) is 129 cm³/mol. The first-order valence-corrected chi connectivity index (χ1v) is 12.2. The van der Waals surface area contributed by atoms with Gasteiger partial charge in [-0.3, -0.25) is 9.59 Å². The molecule has 0 aromatic carbocycles. The number of carbonyl (C=O) groups is 2. The second-order valence-corrected chi connectivity index (χ2v) is 9.71. The highest BCUT2D eigenvalue weighted by Crippen LogP contribution is 2.35. The standard InChI is InChI=1S/C21H15ClF3N7O2S2/c1-10(4-14(33)13-6-17(30-9-29-13)32-20-26-2-3-35-20)19-28-8-15(36-19)18(34)31-16-5-11(21(23,24)25)12(22)7-27-16/h2-3,5-10H,4H2,1H3,(H,27,31,34)(H,26,29,30,32)/t10-/m1/s1. The van der Waals surface area contributed by atoms with Crippen molar-refractivity contribution in [1.82, 2.24) is 24.9 Å². The second-order valence-electron chi connectivity index (χ2n) is 7.34. The lowest BCUT2D eigenvalue weighted by Crippen LogP contribution is -2.13. The maximum absolute atomic E-state index is 13.0. The molecule has 186 valence electrons. The highest BCUT2D eigenvalue weighted by molar-refractivity contribution is 7.14. The quantitative estimate of drug-likeness (QED) is 0.261. The number of Topliss-reactive ketones (excluding diaryl/α,β-unsaturated/α-hetero) is 1. The molecule has 4 heterocycles. The van der Waals surface area contributed by atoms with Gasteiger partial charge >= 0.3 is 6.18 Å². The Morgan fingerprint density at radius 3 is 2.61 bits per heavy atom. The molecule has 36 heavy (non-hydrogen) atoms. The van der Waals surface area contributed by atoms with Crippen LogP contribution in [0.4, 0.5) is 29.9 Å². The molecule has 0 fully saturated rings. The van der Waals surface area contributed by atoms with Crippen LogP contribution in [0, 0.1) is 0 Å².